The van der Waals surface area contributed by atoms with Gasteiger partial charge in [0.15, 0.2) is 34.8 Å². The largest absolute Gasteiger partial charge is 0.388 e. The third-order valence-corrected chi connectivity index (χ3v) is 11.6. The monoisotopic (exact) mass is 739 g/mol. The number of aliphatic hydroxyl groups is 4. The van der Waals surface area contributed by atoms with Crippen molar-refractivity contribution in [1.82, 2.24) is 38.6 Å². The number of nitrogens with one attached hydrogen (secondary N) is 1. The lowest BCUT2D eigenvalue weighted by Gasteiger charge is -2.19. The normalized spacial score (nSPS) is 27.2. The van der Waals surface area contributed by atoms with Crippen LogP contribution < -0.4 is 28.3 Å². The predicted octanol–water partition coefficient (Wildman–Crippen LogP) is -1.57. The third-order valence-electron chi connectivity index (χ3n) is 8.68. The van der Waals surface area contributed by atoms with Crippen molar-refractivity contribution < 1.29 is 29.9 Å². The molecule has 8 atom stereocenters. The molecule has 0 bridgehead atoms. The minimum Gasteiger partial charge on any atom is -0.388 e. The number of aliphatic hydroxyl groups excluding tert-OH is 4. The van der Waals surface area contributed by atoms with E-state index in [-0.39, 0.29) is 45.7 Å². The molecule has 2 aliphatic rings. The molecule has 0 amide bonds. The summed E-state index contributed by atoms with van der Waals surface area (Å²) in [6.07, 6.45) is 4.97. The van der Waals surface area contributed by atoms with Crippen LogP contribution in [0.4, 0.5) is 17.8 Å². The Balaban J connectivity index is 0.000000194. The van der Waals surface area contributed by atoms with Crippen LogP contribution >= 0.6 is 13.8 Å². The number of fused-ring (bicyclic) bond motifs is 2. The van der Waals surface area contributed by atoms with Gasteiger partial charge in [0.05, 0.1) is 18.5 Å². The van der Waals surface area contributed by atoms with Gasteiger partial charge in [-0.05, 0) is 51.8 Å². The smallest absolute Gasteiger partial charge is 0.282 e. The summed E-state index contributed by atoms with van der Waals surface area (Å²) >= 11 is 0. The number of aromatic amines is 1. The summed E-state index contributed by atoms with van der Waals surface area (Å²) in [6, 6.07) is 0. The van der Waals surface area contributed by atoms with Gasteiger partial charge in [-0.2, -0.15) is 9.97 Å². The van der Waals surface area contributed by atoms with Crippen LogP contribution in [-0.2, 0) is 16.5 Å². The van der Waals surface area contributed by atoms with E-state index in [0.29, 0.717) is 12.8 Å². The van der Waals surface area contributed by atoms with Gasteiger partial charge in [0, 0.05) is 7.05 Å². The number of anilines is 3. The highest BCUT2D eigenvalue weighted by atomic mass is 31.2. The molecule has 0 saturated carbocycles. The summed E-state index contributed by atoms with van der Waals surface area (Å²) in [7, 11) is 1.51. The molecule has 0 spiro atoms. The van der Waals surface area contributed by atoms with Crippen molar-refractivity contribution in [2.45, 2.75) is 61.9 Å². The number of nitrogens with zero attached hydrogens (tertiary/aromatic N) is 7. The zero-order valence-corrected chi connectivity index (χ0v) is 30.4. The van der Waals surface area contributed by atoms with Crippen molar-refractivity contribution in [2.24, 2.45) is 7.05 Å². The Morgan fingerprint density at radius 2 is 1.34 bits per heavy atom. The number of aromatic nitrogens is 8. The van der Waals surface area contributed by atoms with Gasteiger partial charge in [-0.3, -0.25) is 28.3 Å². The number of hydrogen-bond acceptors (Lipinski definition) is 15. The molecule has 2 aliphatic heterocycles. The van der Waals surface area contributed by atoms with Gasteiger partial charge in [-0.1, -0.05) is 0 Å². The zero-order valence-electron chi connectivity index (χ0n) is 28.6. The number of H-pyrrole nitrogens is 1. The van der Waals surface area contributed by atoms with E-state index in [0.717, 1.165) is 12.3 Å². The van der Waals surface area contributed by atoms with Gasteiger partial charge < -0.3 is 47.1 Å². The molecule has 4 aromatic rings. The second kappa shape index (κ2) is 13.9. The molecule has 6 rings (SSSR count). The van der Waals surface area contributed by atoms with Crippen LogP contribution in [0.2, 0.25) is 0 Å². The first kappa shape index (κ1) is 37.7. The molecule has 21 heteroatoms. The van der Waals surface area contributed by atoms with Crippen LogP contribution in [0.15, 0.2) is 15.9 Å². The highest BCUT2D eigenvalue weighted by molar-refractivity contribution is 7.72. The molecule has 0 radical (unpaired) electrons. The highest BCUT2D eigenvalue weighted by Gasteiger charge is 2.46. The van der Waals surface area contributed by atoms with E-state index in [9.17, 15) is 30.0 Å². The summed E-state index contributed by atoms with van der Waals surface area (Å²) in [6.45, 7) is 5.82. The molecule has 2 saturated heterocycles. The van der Waals surface area contributed by atoms with E-state index >= 15 is 0 Å². The summed E-state index contributed by atoms with van der Waals surface area (Å²) in [5.74, 6) is -0.125. The third kappa shape index (κ3) is 7.55. The van der Waals surface area contributed by atoms with Crippen LogP contribution in [0.25, 0.3) is 22.3 Å². The average molecular weight is 740 g/mol. The number of imidazole rings is 2. The molecule has 2 fully saturated rings. The van der Waals surface area contributed by atoms with Gasteiger partial charge in [-0.15, -0.1) is 26.4 Å². The van der Waals surface area contributed by atoms with E-state index in [1.54, 1.807) is 0 Å². The Hall–Kier alpha value is -3.54. The van der Waals surface area contributed by atoms with Gasteiger partial charge in [0.2, 0.25) is 17.8 Å². The van der Waals surface area contributed by atoms with Crippen LogP contribution in [0.5, 0.6) is 0 Å². The number of nitrogens with two attached hydrogens (primary N) is 3. The first-order chi connectivity index (χ1) is 23.2. The molecular weight excluding hydrogens is 692 g/mol. The quantitative estimate of drug-likeness (QED) is 0.0948. The SMILES string of the molecule is C=P(C)(C)CC[C@H]1O[C@@H](n2c(N)nc3c(=O)[nH]c(N)nc32)[C@H](O)[C@@H]1O.C=P(C)(C)CC[C@H]1O[C@@H](n2cnc3c(=O)n(C)c(N)nc32)[C@H](O)[C@@H]1O. The number of rotatable bonds is 8. The average Bonchev–Trinajstić information content (AvgIpc) is 3.73. The van der Waals surface area contributed by atoms with Crippen molar-refractivity contribution in [3.05, 3.63) is 27.0 Å². The maximum Gasteiger partial charge on any atom is 0.282 e. The van der Waals surface area contributed by atoms with Gasteiger partial charge in [-0.25, -0.2) is 9.97 Å². The van der Waals surface area contributed by atoms with Crippen LogP contribution in [0.1, 0.15) is 25.3 Å². The fourth-order valence-corrected chi connectivity index (χ4v) is 7.76. The van der Waals surface area contributed by atoms with Crippen molar-refractivity contribution in [3.8, 4) is 0 Å². The summed E-state index contributed by atoms with van der Waals surface area (Å²) < 4.78 is 15.6. The molecule has 0 aromatic carbocycles. The first-order valence-corrected chi connectivity index (χ1v) is 21.9. The molecule has 276 valence electrons. The van der Waals surface area contributed by atoms with Crippen molar-refractivity contribution in [3.63, 3.8) is 0 Å². The van der Waals surface area contributed by atoms with Gasteiger partial charge >= 0.3 is 0 Å². The molecule has 0 aliphatic carbocycles. The Kier molecular flexibility index (Phi) is 10.5. The maximum absolute atomic E-state index is 12.2. The van der Waals surface area contributed by atoms with Crippen molar-refractivity contribution in [1.29, 1.82) is 0 Å². The number of nitrogen functional groups attached to an aromatic ring is 3. The molecule has 0 unspecified atom stereocenters. The molecular formula is C29H47N11O8P2. The Morgan fingerprint density at radius 3 is 1.90 bits per heavy atom. The molecule has 11 N–H and O–H groups in total. The topological polar surface area (TPSA) is 294 Å². The zero-order chi connectivity index (χ0) is 37.0. The Bertz CT molecular complexity index is 2100. The van der Waals surface area contributed by atoms with Gasteiger partial charge in [0.25, 0.3) is 11.1 Å². The minimum atomic E-state index is -1.30. The lowest BCUT2D eigenvalue weighted by molar-refractivity contribution is -0.0353. The molecule has 4 aromatic heterocycles. The standard InChI is InChI=1S/C15H24N5O4P.C14H23N6O4P/c1-19-13(23)9-12(18-15(19)16)20(7-17-9)14-11(22)10(21)8(24-14)5-6-25(2,3)4;1-25(2,3)5-4-6-8(21)9(22)12(24-6)20-10-7(17-14(20)16)11(23)19-13(15)18-10/h7-8,10-11,14,21-22H,2,5-6H2,1,3-4H3,(H2,16,18);6,8-9,12,21-22H,1,4-5H2,2-3H3,(H2,16,17)(H3,15,18,19,23)/t8-,10-,11-,14-;6-,8-,9-,12-/m11/s1. The first-order valence-electron chi connectivity index (χ1n) is 15.8. The predicted molar refractivity (Wildman–Crippen MR) is 197 cm³/mol. The van der Waals surface area contributed by atoms with E-state index in [4.69, 9.17) is 26.7 Å². The summed E-state index contributed by atoms with van der Waals surface area (Å²) in [5.41, 5.74) is 16.8. The van der Waals surface area contributed by atoms with E-state index in [2.05, 4.69) is 64.2 Å². The van der Waals surface area contributed by atoms with Crippen LogP contribution in [0.3, 0.4) is 0 Å². The Morgan fingerprint density at radius 1 is 0.800 bits per heavy atom. The van der Waals surface area contributed by atoms with Crippen molar-refractivity contribution in [2.75, 3.05) is 56.2 Å². The second-order valence-electron chi connectivity index (χ2n) is 14.1. The van der Waals surface area contributed by atoms with E-state index in [1.165, 1.54) is 27.1 Å². The lowest BCUT2D eigenvalue weighted by atomic mass is 10.1. The fourth-order valence-electron chi connectivity index (χ4n) is 5.85. The van der Waals surface area contributed by atoms with Crippen LogP contribution in [-0.4, -0.2) is 147 Å². The van der Waals surface area contributed by atoms with E-state index in [1.807, 2.05) is 0 Å². The molecule has 6 heterocycles. The fraction of sp³-hybridized carbons (Fsp3) is 0.586. The van der Waals surface area contributed by atoms with Crippen LogP contribution in [0, 0.1) is 0 Å². The van der Waals surface area contributed by atoms with Gasteiger partial charge in [0.1, 0.15) is 24.4 Å². The maximum atomic E-state index is 12.2. The lowest BCUT2D eigenvalue weighted by Crippen LogP contribution is -2.32. The molecule has 50 heavy (non-hydrogen) atoms. The minimum absolute atomic E-state index is 0.00902. The number of hydrogen-bond donors (Lipinski definition) is 8. The Labute approximate surface area is 287 Å². The summed E-state index contributed by atoms with van der Waals surface area (Å²) in [5, 5.41) is 41.5. The second-order valence-corrected chi connectivity index (χ2v) is 22.7. The highest BCUT2D eigenvalue weighted by Crippen LogP contribution is 2.41. The number of ether oxygens (including phenoxy) is 2. The summed E-state index contributed by atoms with van der Waals surface area (Å²) in [4.78, 5) is 42.7. The van der Waals surface area contributed by atoms with Crippen molar-refractivity contribution >= 4 is 66.5 Å². The van der Waals surface area contributed by atoms with E-state index < -0.39 is 68.4 Å². The molecule has 19 nitrogen and oxygen atoms in total.